The first-order valence-electron chi connectivity index (χ1n) is 8.17. The van der Waals surface area contributed by atoms with E-state index in [0.717, 1.165) is 17.2 Å². The number of esters is 1. The summed E-state index contributed by atoms with van der Waals surface area (Å²) in [7, 11) is -3.66. The molecule has 1 aliphatic heterocycles. The van der Waals surface area contributed by atoms with E-state index in [9.17, 15) is 22.4 Å². The summed E-state index contributed by atoms with van der Waals surface area (Å²) in [6.45, 7) is 4.84. The van der Waals surface area contributed by atoms with Crippen LogP contribution in [-0.4, -0.2) is 51.6 Å². The Labute approximate surface area is 157 Å². The third kappa shape index (κ3) is 6.47. The number of cyclic esters (lactones) is 1. The van der Waals surface area contributed by atoms with E-state index in [0.29, 0.717) is 0 Å². The first-order valence-corrected chi connectivity index (χ1v) is 9.98. The maximum absolute atomic E-state index is 14.3. The Hall–Kier alpha value is -2.20. The van der Waals surface area contributed by atoms with Crippen LogP contribution in [0.3, 0.4) is 0 Å². The summed E-state index contributed by atoms with van der Waals surface area (Å²) in [4.78, 5) is 24.9. The number of anilines is 1. The fourth-order valence-corrected chi connectivity index (χ4v) is 2.80. The number of carbonyl (C=O) groups excluding carboxylic acids is 2. The Morgan fingerprint density at radius 3 is 2.59 bits per heavy atom. The molecule has 0 aliphatic carbocycles. The highest BCUT2D eigenvalue weighted by atomic mass is 32.2. The number of rotatable bonds is 6. The van der Waals surface area contributed by atoms with Crippen molar-refractivity contribution in [3.63, 3.8) is 0 Å². The molecule has 0 N–H and O–H groups in total. The summed E-state index contributed by atoms with van der Waals surface area (Å²) in [5.41, 5.74) is -0.305. The van der Waals surface area contributed by atoms with E-state index in [1.807, 2.05) is 0 Å². The van der Waals surface area contributed by atoms with E-state index in [1.165, 1.54) is 12.1 Å². The van der Waals surface area contributed by atoms with Gasteiger partial charge in [0.2, 0.25) is 0 Å². The molecule has 1 amide bonds. The smallest absolute Gasteiger partial charge is 0.414 e. The average molecular weight is 403 g/mol. The summed E-state index contributed by atoms with van der Waals surface area (Å²) >= 11 is 0. The lowest BCUT2D eigenvalue weighted by atomic mass is 10.1. The Kier molecular flexibility index (Phi) is 6.10. The van der Waals surface area contributed by atoms with Crippen molar-refractivity contribution < 1.29 is 36.1 Å². The number of halogens is 1. The van der Waals surface area contributed by atoms with Crippen LogP contribution in [0.15, 0.2) is 18.2 Å². The number of amides is 1. The standard InChI is InChI=1S/C17H22FNO7S/c1-17(2,3)26-15(20)7-11-5-6-12(8-14(11)18)19-9-13(25-16(19)21)10-24-27(4,22)23/h5-6,8,13H,7,9-10H2,1-4H3/t13-/m1/s1. The molecule has 10 heteroatoms. The van der Waals surface area contributed by atoms with E-state index in [1.54, 1.807) is 20.8 Å². The lowest BCUT2D eigenvalue weighted by molar-refractivity contribution is -0.153. The molecule has 0 radical (unpaired) electrons. The monoisotopic (exact) mass is 403 g/mol. The Morgan fingerprint density at radius 1 is 1.37 bits per heavy atom. The van der Waals surface area contributed by atoms with Gasteiger partial charge >= 0.3 is 12.1 Å². The molecule has 0 unspecified atom stereocenters. The van der Waals surface area contributed by atoms with Crippen LogP contribution in [-0.2, 0) is 35.0 Å². The summed E-state index contributed by atoms with van der Waals surface area (Å²) in [6, 6.07) is 3.98. The van der Waals surface area contributed by atoms with Gasteiger partial charge in [0.05, 0.1) is 24.9 Å². The van der Waals surface area contributed by atoms with Crippen LogP contribution in [0.5, 0.6) is 0 Å². The lowest BCUT2D eigenvalue weighted by Gasteiger charge is -2.20. The molecular weight excluding hydrogens is 381 g/mol. The second-order valence-corrected chi connectivity index (χ2v) is 8.79. The predicted molar refractivity (Wildman–Crippen MR) is 94.4 cm³/mol. The maximum atomic E-state index is 14.3. The van der Waals surface area contributed by atoms with Crippen LogP contribution in [0.2, 0.25) is 0 Å². The Balaban J connectivity index is 2.04. The van der Waals surface area contributed by atoms with Gasteiger partial charge in [0.15, 0.2) is 0 Å². The third-order valence-corrected chi connectivity index (χ3v) is 4.01. The maximum Gasteiger partial charge on any atom is 0.414 e. The summed E-state index contributed by atoms with van der Waals surface area (Å²) < 4.78 is 51.2. The van der Waals surface area contributed by atoms with Crippen molar-refractivity contribution in [2.45, 2.75) is 38.9 Å². The number of ether oxygens (including phenoxy) is 2. The topological polar surface area (TPSA) is 99.2 Å². The minimum Gasteiger partial charge on any atom is -0.460 e. The molecule has 1 heterocycles. The zero-order valence-electron chi connectivity index (χ0n) is 15.5. The highest BCUT2D eigenvalue weighted by Crippen LogP contribution is 2.25. The van der Waals surface area contributed by atoms with Gasteiger partial charge in [-0.15, -0.1) is 0 Å². The number of carbonyl (C=O) groups is 2. The molecule has 0 saturated carbocycles. The zero-order valence-corrected chi connectivity index (χ0v) is 16.3. The first kappa shape index (κ1) is 21.1. The summed E-state index contributed by atoms with van der Waals surface area (Å²) in [5.74, 6) is -1.23. The molecule has 1 aliphatic rings. The number of benzene rings is 1. The van der Waals surface area contributed by atoms with Crippen molar-refractivity contribution in [1.82, 2.24) is 0 Å². The molecule has 2 rings (SSSR count). The van der Waals surface area contributed by atoms with Crippen molar-refractivity contribution in [1.29, 1.82) is 0 Å². The van der Waals surface area contributed by atoms with Crippen molar-refractivity contribution in [3.8, 4) is 0 Å². The summed E-state index contributed by atoms with van der Waals surface area (Å²) in [5, 5.41) is 0. The van der Waals surface area contributed by atoms with E-state index in [2.05, 4.69) is 4.18 Å². The Morgan fingerprint density at radius 2 is 2.04 bits per heavy atom. The molecule has 1 atom stereocenters. The quantitative estimate of drug-likeness (QED) is 0.529. The van der Waals surface area contributed by atoms with Crippen LogP contribution in [0.4, 0.5) is 14.9 Å². The molecule has 1 fully saturated rings. The number of hydrogen-bond donors (Lipinski definition) is 0. The largest absolute Gasteiger partial charge is 0.460 e. The Bertz CT molecular complexity index is 832. The zero-order chi connectivity index (χ0) is 20.4. The predicted octanol–water partition coefficient (Wildman–Crippen LogP) is 2.01. The fourth-order valence-electron chi connectivity index (χ4n) is 2.40. The molecule has 0 bridgehead atoms. The normalized spacial score (nSPS) is 17.7. The van der Waals surface area contributed by atoms with Crippen molar-refractivity contribution in [2.24, 2.45) is 0 Å². The number of nitrogens with zero attached hydrogens (tertiary/aromatic N) is 1. The molecule has 27 heavy (non-hydrogen) atoms. The second-order valence-electron chi connectivity index (χ2n) is 7.14. The second kappa shape index (κ2) is 7.81. The molecule has 0 spiro atoms. The van der Waals surface area contributed by atoms with Gasteiger partial charge < -0.3 is 9.47 Å². The first-order chi connectivity index (χ1) is 12.3. The van der Waals surface area contributed by atoms with E-state index < -0.39 is 39.7 Å². The fraction of sp³-hybridized carbons (Fsp3) is 0.529. The minimum absolute atomic E-state index is 0.0131. The third-order valence-electron chi connectivity index (χ3n) is 3.45. The molecule has 8 nitrogen and oxygen atoms in total. The summed E-state index contributed by atoms with van der Waals surface area (Å²) in [6.07, 6.45) is -0.882. The SMILES string of the molecule is CC(C)(C)OC(=O)Cc1ccc(N2C[C@H](COS(C)(=O)=O)OC2=O)cc1F. The van der Waals surface area contributed by atoms with Crippen LogP contribution >= 0.6 is 0 Å². The molecule has 150 valence electrons. The van der Waals surface area contributed by atoms with Crippen molar-refractivity contribution in [2.75, 3.05) is 24.3 Å². The van der Waals surface area contributed by atoms with Gasteiger partial charge in [0, 0.05) is 0 Å². The highest BCUT2D eigenvalue weighted by Gasteiger charge is 2.33. The van der Waals surface area contributed by atoms with Gasteiger partial charge in [0.1, 0.15) is 24.1 Å². The van der Waals surface area contributed by atoms with Crippen LogP contribution < -0.4 is 4.90 Å². The van der Waals surface area contributed by atoms with Gasteiger partial charge in [-0.2, -0.15) is 8.42 Å². The van der Waals surface area contributed by atoms with Gasteiger partial charge in [-0.05, 0) is 38.5 Å². The van der Waals surface area contributed by atoms with Crippen molar-refractivity contribution in [3.05, 3.63) is 29.6 Å². The van der Waals surface area contributed by atoms with Crippen LogP contribution in [0, 0.1) is 5.82 Å². The molecular formula is C17H22FNO7S. The average Bonchev–Trinajstić information content (AvgIpc) is 2.86. The number of hydrogen-bond acceptors (Lipinski definition) is 7. The van der Waals surface area contributed by atoms with E-state index in [-0.39, 0.29) is 30.8 Å². The molecule has 1 saturated heterocycles. The van der Waals surface area contributed by atoms with Gasteiger partial charge in [0.25, 0.3) is 10.1 Å². The molecule has 1 aromatic rings. The van der Waals surface area contributed by atoms with Crippen molar-refractivity contribution >= 4 is 27.9 Å². The van der Waals surface area contributed by atoms with E-state index in [4.69, 9.17) is 9.47 Å². The highest BCUT2D eigenvalue weighted by molar-refractivity contribution is 7.85. The van der Waals surface area contributed by atoms with Gasteiger partial charge in [-0.3, -0.25) is 13.9 Å². The van der Waals surface area contributed by atoms with Gasteiger partial charge in [-0.25, -0.2) is 9.18 Å². The van der Waals surface area contributed by atoms with Gasteiger partial charge in [-0.1, -0.05) is 6.07 Å². The molecule has 0 aromatic heterocycles. The van der Waals surface area contributed by atoms with E-state index >= 15 is 0 Å². The van der Waals surface area contributed by atoms with Crippen LogP contribution in [0.1, 0.15) is 26.3 Å². The van der Waals surface area contributed by atoms with Crippen LogP contribution in [0.25, 0.3) is 0 Å². The lowest BCUT2D eigenvalue weighted by Crippen LogP contribution is -2.27. The molecule has 1 aromatic carbocycles. The minimum atomic E-state index is -3.66.